The van der Waals surface area contributed by atoms with Crippen LogP contribution in [0.25, 0.3) is 0 Å². The van der Waals surface area contributed by atoms with Gasteiger partial charge in [-0.3, -0.25) is 4.79 Å². The second kappa shape index (κ2) is 8.25. The molecule has 1 saturated carbocycles. The Morgan fingerprint density at radius 3 is 2.47 bits per heavy atom. The first-order valence-electron chi connectivity index (χ1n) is 7.75. The predicted molar refractivity (Wildman–Crippen MR) is 80.5 cm³/mol. The molecule has 1 saturated heterocycles. The third-order valence-electron chi connectivity index (χ3n) is 4.47. The molecule has 0 radical (unpaired) electrons. The maximum atomic E-state index is 12.2. The summed E-state index contributed by atoms with van der Waals surface area (Å²) in [6, 6.07) is 0. The van der Waals surface area contributed by atoms with Gasteiger partial charge in [0.1, 0.15) is 0 Å². The van der Waals surface area contributed by atoms with Gasteiger partial charge < -0.3 is 9.64 Å². The third kappa shape index (κ3) is 5.07. The summed E-state index contributed by atoms with van der Waals surface area (Å²) < 4.78 is 5.72. The lowest BCUT2D eigenvalue weighted by molar-refractivity contribution is -0.134. The normalized spacial score (nSPS) is 22.1. The van der Waals surface area contributed by atoms with Crippen molar-refractivity contribution < 1.29 is 9.53 Å². The maximum absolute atomic E-state index is 12.2. The number of nitrogens with zero attached hydrogens (tertiary/aromatic N) is 1. The lowest BCUT2D eigenvalue weighted by Gasteiger charge is -2.32. The van der Waals surface area contributed by atoms with Crippen molar-refractivity contribution in [1.82, 2.24) is 4.90 Å². The van der Waals surface area contributed by atoms with Gasteiger partial charge in [0.2, 0.25) is 5.91 Å². The van der Waals surface area contributed by atoms with Gasteiger partial charge in [-0.2, -0.15) is 0 Å². The predicted octanol–water partition coefficient (Wildman–Crippen LogP) is 3.36. The summed E-state index contributed by atoms with van der Waals surface area (Å²) in [4.78, 5) is 14.2. The fraction of sp³-hybridized carbons (Fsp3) is 0.933. The van der Waals surface area contributed by atoms with Crippen molar-refractivity contribution in [2.24, 2.45) is 5.92 Å². The van der Waals surface area contributed by atoms with Crippen molar-refractivity contribution >= 4 is 21.8 Å². The van der Waals surface area contributed by atoms with Crippen molar-refractivity contribution in [3.8, 4) is 0 Å². The Bertz CT molecular complexity index is 271. The van der Waals surface area contributed by atoms with Gasteiger partial charge in [0.25, 0.3) is 0 Å². The molecule has 2 fully saturated rings. The first kappa shape index (κ1) is 15.3. The topological polar surface area (TPSA) is 29.5 Å². The fourth-order valence-corrected chi connectivity index (χ4v) is 3.45. The second-order valence-corrected chi connectivity index (χ2v) is 6.62. The van der Waals surface area contributed by atoms with Crippen LogP contribution in [-0.4, -0.2) is 41.9 Å². The van der Waals surface area contributed by atoms with Crippen LogP contribution in [0, 0.1) is 5.92 Å². The molecular weight excluding hydrogens is 306 g/mol. The SMILES string of the molecule is O=C(CCC1CCCC1)N1CCC(OCCBr)CC1. The molecule has 0 aromatic rings. The van der Waals surface area contributed by atoms with E-state index in [9.17, 15) is 4.79 Å². The van der Waals surface area contributed by atoms with Crippen molar-refractivity contribution in [2.75, 3.05) is 25.0 Å². The molecule has 0 unspecified atom stereocenters. The first-order chi connectivity index (χ1) is 9.29. The molecule has 2 rings (SSSR count). The van der Waals surface area contributed by atoms with Crippen molar-refractivity contribution in [2.45, 2.75) is 57.5 Å². The molecule has 0 aromatic heterocycles. The summed E-state index contributed by atoms with van der Waals surface area (Å²) in [6.45, 7) is 2.55. The number of alkyl halides is 1. The van der Waals surface area contributed by atoms with E-state index in [-0.39, 0.29) is 0 Å². The number of piperidine rings is 1. The van der Waals surface area contributed by atoms with Gasteiger partial charge in [-0.15, -0.1) is 0 Å². The average Bonchev–Trinajstić information content (AvgIpc) is 2.96. The molecule has 1 aliphatic carbocycles. The van der Waals surface area contributed by atoms with E-state index in [1.807, 2.05) is 4.90 Å². The van der Waals surface area contributed by atoms with Crippen LogP contribution < -0.4 is 0 Å². The summed E-state index contributed by atoms with van der Waals surface area (Å²) in [6.07, 6.45) is 9.66. The van der Waals surface area contributed by atoms with Gasteiger partial charge in [0.05, 0.1) is 12.7 Å². The summed E-state index contributed by atoms with van der Waals surface area (Å²) in [5, 5.41) is 0.896. The highest BCUT2D eigenvalue weighted by Gasteiger charge is 2.24. The standard InChI is InChI=1S/C15H26BrNO2/c16-9-12-19-14-7-10-17(11-8-14)15(18)6-5-13-3-1-2-4-13/h13-14H,1-12H2. The van der Waals surface area contributed by atoms with Crippen LogP contribution in [0.5, 0.6) is 0 Å². The minimum absolute atomic E-state index is 0.358. The summed E-state index contributed by atoms with van der Waals surface area (Å²) in [5.74, 6) is 1.19. The summed E-state index contributed by atoms with van der Waals surface area (Å²) >= 11 is 3.37. The molecule has 0 spiro atoms. The van der Waals surface area contributed by atoms with E-state index in [0.717, 1.165) is 56.6 Å². The minimum Gasteiger partial charge on any atom is -0.377 e. The minimum atomic E-state index is 0.358. The van der Waals surface area contributed by atoms with Crippen molar-refractivity contribution in [1.29, 1.82) is 0 Å². The molecule has 4 heteroatoms. The molecule has 0 aromatic carbocycles. The average molecular weight is 332 g/mol. The molecule has 0 atom stereocenters. The zero-order valence-corrected chi connectivity index (χ0v) is 13.4. The Labute approximate surface area is 125 Å². The number of halogens is 1. The molecule has 19 heavy (non-hydrogen) atoms. The maximum Gasteiger partial charge on any atom is 0.222 e. The zero-order chi connectivity index (χ0) is 13.5. The van der Waals surface area contributed by atoms with E-state index < -0.39 is 0 Å². The lowest BCUT2D eigenvalue weighted by Crippen LogP contribution is -2.41. The molecule has 0 bridgehead atoms. The van der Waals surface area contributed by atoms with E-state index in [0.29, 0.717) is 12.0 Å². The Morgan fingerprint density at radius 1 is 1.16 bits per heavy atom. The molecule has 1 aliphatic heterocycles. The Balaban J connectivity index is 1.61. The van der Waals surface area contributed by atoms with Gasteiger partial charge in [0.15, 0.2) is 0 Å². The van der Waals surface area contributed by atoms with Gasteiger partial charge in [-0.05, 0) is 25.2 Å². The van der Waals surface area contributed by atoms with Crippen LogP contribution >= 0.6 is 15.9 Å². The van der Waals surface area contributed by atoms with Gasteiger partial charge in [-0.25, -0.2) is 0 Å². The van der Waals surface area contributed by atoms with Crippen molar-refractivity contribution in [3.05, 3.63) is 0 Å². The number of likely N-dealkylation sites (tertiary alicyclic amines) is 1. The number of carbonyl (C=O) groups excluding carboxylic acids is 1. The highest BCUT2D eigenvalue weighted by molar-refractivity contribution is 9.09. The first-order valence-corrected chi connectivity index (χ1v) is 8.87. The molecule has 1 amide bonds. The van der Waals surface area contributed by atoms with E-state index in [2.05, 4.69) is 15.9 Å². The van der Waals surface area contributed by atoms with Crippen LogP contribution in [-0.2, 0) is 9.53 Å². The number of rotatable bonds is 6. The highest BCUT2D eigenvalue weighted by Crippen LogP contribution is 2.29. The molecule has 3 nitrogen and oxygen atoms in total. The lowest BCUT2D eigenvalue weighted by atomic mass is 10.0. The van der Waals surface area contributed by atoms with Gasteiger partial charge >= 0.3 is 0 Å². The molecule has 0 N–H and O–H groups in total. The van der Waals surface area contributed by atoms with Crippen LogP contribution in [0.1, 0.15) is 51.4 Å². The Morgan fingerprint density at radius 2 is 1.84 bits per heavy atom. The molecule has 2 aliphatic rings. The van der Waals surface area contributed by atoms with E-state index >= 15 is 0 Å². The zero-order valence-electron chi connectivity index (χ0n) is 11.8. The smallest absolute Gasteiger partial charge is 0.222 e. The van der Waals surface area contributed by atoms with E-state index in [4.69, 9.17) is 4.74 Å². The van der Waals surface area contributed by atoms with Crippen LogP contribution in [0.2, 0.25) is 0 Å². The van der Waals surface area contributed by atoms with Gasteiger partial charge in [-0.1, -0.05) is 41.6 Å². The number of ether oxygens (including phenoxy) is 1. The monoisotopic (exact) mass is 331 g/mol. The van der Waals surface area contributed by atoms with Crippen LogP contribution in [0.4, 0.5) is 0 Å². The van der Waals surface area contributed by atoms with E-state index in [1.54, 1.807) is 0 Å². The molecular formula is C15H26BrNO2. The summed E-state index contributed by atoms with van der Waals surface area (Å²) in [5.41, 5.74) is 0. The number of carbonyl (C=O) groups is 1. The quantitative estimate of drug-likeness (QED) is 0.698. The van der Waals surface area contributed by atoms with Gasteiger partial charge in [0, 0.05) is 24.8 Å². The fourth-order valence-electron chi connectivity index (χ4n) is 3.27. The summed E-state index contributed by atoms with van der Waals surface area (Å²) in [7, 11) is 0. The number of amides is 1. The Kier molecular flexibility index (Phi) is 6.65. The largest absolute Gasteiger partial charge is 0.377 e. The van der Waals surface area contributed by atoms with Crippen LogP contribution in [0.15, 0.2) is 0 Å². The molecule has 110 valence electrons. The van der Waals surface area contributed by atoms with E-state index in [1.165, 1.54) is 25.7 Å². The number of hydrogen-bond donors (Lipinski definition) is 0. The number of hydrogen-bond acceptors (Lipinski definition) is 2. The third-order valence-corrected chi connectivity index (χ3v) is 4.79. The van der Waals surface area contributed by atoms with Crippen molar-refractivity contribution in [3.63, 3.8) is 0 Å². The second-order valence-electron chi connectivity index (χ2n) is 5.83. The van der Waals surface area contributed by atoms with Crippen LogP contribution in [0.3, 0.4) is 0 Å². The molecule has 1 heterocycles. The highest BCUT2D eigenvalue weighted by atomic mass is 79.9. The Hall–Kier alpha value is -0.0900.